The van der Waals surface area contributed by atoms with Crippen molar-refractivity contribution in [2.75, 3.05) is 12.4 Å². The first-order valence-electron chi connectivity index (χ1n) is 7.31. The fourth-order valence-electron chi connectivity index (χ4n) is 2.74. The number of ether oxygens (including phenoxy) is 1. The Hall–Kier alpha value is -2.04. The first kappa shape index (κ1) is 15.4. The number of carbonyl (C=O) groups excluding carboxylic acids is 2. The van der Waals surface area contributed by atoms with E-state index in [1.807, 2.05) is 0 Å². The number of hydrogen-bond donors (Lipinski definition) is 2. The standard InChI is InChI=1S/C16H21NO4/c1-21-16(20)12-7-8-13(14(18)10-12)17-15(19)9-11-5-3-2-4-6-11/h7-8,10-11,18H,2-6,9H2,1H3,(H,17,19). The Labute approximate surface area is 124 Å². The zero-order valence-electron chi connectivity index (χ0n) is 12.2. The number of phenolic OH excluding ortho intramolecular Hbond substituents is 1. The van der Waals surface area contributed by atoms with Gasteiger partial charge in [-0.25, -0.2) is 4.79 Å². The number of rotatable bonds is 4. The molecular weight excluding hydrogens is 270 g/mol. The number of phenols is 1. The predicted molar refractivity (Wildman–Crippen MR) is 79.3 cm³/mol. The number of amides is 1. The SMILES string of the molecule is COC(=O)c1ccc(NC(=O)CC2CCCCC2)c(O)c1. The van der Waals surface area contributed by atoms with Crippen LogP contribution in [0.2, 0.25) is 0 Å². The molecule has 0 aliphatic heterocycles. The molecule has 0 aromatic heterocycles. The molecule has 2 rings (SSSR count). The number of methoxy groups -OCH3 is 1. The Morgan fingerprint density at radius 1 is 1.29 bits per heavy atom. The molecule has 2 N–H and O–H groups in total. The van der Waals surface area contributed by atoms with Gasteiger partial charge in [0.05, 0.1) is 18.4 Å². The molecule has 5 nitrogen and oxygen atoms in total. The van der Waals surface area contributed by atoms with Gasteiger partial charge in [-0.15, -0.1) is 0 Å². The quantitative estimate of drug-likeness (QED) is 0.660. The fourth-order valence-corrected chi connectivity index (χ4v) is 2.74. The van der Waals surface area contributed by atoms with E-state index in [9.17, 15) is 14.7 Å². The Bertz CT molecular complexity index is 521. The van der Waals surface area contributed by atoms with E-state index in [0.717, 1.165) is 12.8 Å². The van der Waals surface area contributed by atoms with Gasteiger partial charge in [-0.3, -0.25) is 4.79 Å². The molecule has 0 heterocycles. The summed E-state index contributed by atoms with van der Waals surface area (Å²) >= 11 is 0. The van der Waals surface area contributed by atoms with Crippen LogP contribution < -0.4 is 5.32 Å². The molecule has 1 aromatic carbocycles. The van der Waals surface area contributed by atoms with Gasteiger partial charge in [-0.1, -0.05) is 19.3 Å². The molecule has 1 amide bonds. The van der Waals surface area contributed by atoms with E-state index >= 15 is 0 Å². The summed E-state index contributed by atoms with van der Waals surface area (Å²) in [6.45, 7) is 0. The van der Waals surface area contributed by atoms with E-state index in [0.29, 0.717) is 18.0 Å². The van der Waals surface area contributed by atoms with E-state index in [4.69, 9.17) is 0 Å². The molecule has 114 valence electrons. The lowest BCUT2D eigenvalue weighted by Gasteiger charge is -2.21. The highest BCUT2D eigenvalue weighted by Crippen LogP contribution is 2.28. The minimum atomic E-state index is -0.523. The number of nitrogens with one attached hydrogen (secondary N) is 1. The molecule has 0 unspecified atom stereocenters. The minimum Gasteiger partial charge on any atom is -0.506 e. The highest BCUT2D eigenvalue weighted by Gasteiger charge is 2.18. The molecule has 0 bridgehead atoms. The highest BCUT2D eigenvalue weighted by atomic mass is 16.5. The van der Waals surface area contributed by atoms with Crippen molar-refractivity contribution in [3.63, 3.8) is 0 Å². The van der Waals surface area contributed by atoms with Gasteiger partial charge in [0.2, 0.25) is 5.91 Å². The zero-order valence-corrected chi connectivity index (χ0v) is 12.2. The minimum absolute atomic E-state index is 0.0944. The van der Waals surface area contributed by atoms with E-state index in [1.54, 1.807) is 0 Å². The van der Waals surface area contributed by atoms with Crippen molar-refractivity contribution >= 4 is 17.6 Å². The van der Waals surface area contributed by atoms with Crippen LogP contribution in [0.3, 0.4) is 0 Å². The summed E-state index contributed by atoms with van der Waals surface area (Å²) in [4.78, 5) is 23.3. The molecule has 1 saturated carbocycles. The predicted octanol–water partition coefficient (Wildman–Crippen LogP) is 3.09. The van der Waals surface area contributed by atoms with E-state index in [-0.39, 0.29) is 17.2 Å². The summed E-state index contributed by atoms with van der Waals surface area (Å²) in [7, 11) is 1.28. The van der Waals surface area contributed by atoms with E-state index < -0.39 is 5.97 Å². The first-order chi connectivity index (χ1) is 10.1. The van der Waals surface area contributed by atoms with Crippen LogP contribution in [0.4, 0.5) is 5.69 Å². The Balaban J connectivity index is 1.95. The second kappa shape index (κ2) is 7.11. The van der Waals surface area contributed by atoms with E-state index in [1.165, 1.54) is 44.6 Å². The van der Waals surface area contributed by atoms with Crippen LogP contribution in [0.5, 0.6) is 5.75 Å². The Morgan fingerprint density at radius 2 is 2.00 bits per heavy atom. The monoisotopic (exact) mass is 291 g/mol. The summed E-state index contributed by atoms with van der Waals surface area (Å²) < 4.78 is 4.58. The molecule has 1 aromatic rings. The summed E-state index contributed by atoms with van der Waals surface area (Å²) in [6, 6.07) is 4.32. The van der Waals surface area contributed by atoms with Gasteiger partial charge in [0.1, 0.15) is 5.75 Å². The van der Waals surface area contributed by atoms with Crippen molar-refractivity contribution in [2.45, 2.75) is 38.5 Å². The van der Waals surface area contributed by atoms with Crippen molar-refractivity contribution in [3.05, 3.63) is 23.8 Å². The fraction of sp³-hybridized carbons (Fsp3) is 0.500. The summed E-state index contributed by atoms with van der Waals surface area (Å²) in [5.74, 6) is -0.307. The highest BCUT2D eigenvalue weighted by molar-refractivity contribution is 5.95. The summed E-state index contributed by atoms with van der Waals surface area (Å²) in [5, 5.41) is 12.6. The van der Waals surface area contributed by atoms with Gasteiger partial charge < -0.3 is 15.2 Å². The molecule has 0 saturated heterocycles. The number of carbonyl (C=O) groups is 2. The van der Waals surface area contributed by atoms with E-state index in [2.05, 4.69) is 10.1 Å². The molecule has 1 aliphatic carbocycles. The number of aromatic hydroxyl groups is 1. The van der Waals surface area contributed by atoms with Crippen molar-refractivity contribution < 1.29 is 19.4 Å². The molecule has 1 fully saturated rings. The van der Waals surface area contributed by atoms with Gasteiger partial charge in [0.25, 0.3) is 0 Å². The van der Waals surface area contributed by atoms with Crippen molar-refractivity contribution in [2.24, 2.45) is 5.92 Å². The lowest BCUT2D eigenvalue weighted by molar-refractivity contribution is -0.117. The average molecular weight is 291 g/mol. The third-order valence-corrected chi connectivity index (χ3v) is 3.89. The molecular formula is C16H21NO4. The largest absolute Gasteiger partial charge is 0.506 e. The average Bonchev–Trinajstić information content (AvgIpc) is 2.49. The van der Waals surface area contributed by atoms with Crippen molar-refractivity contribution in [1.29, 1.82) is 0 Å². The maximum atomic E-state index is 12.0. The molecule has 0 spiro atoms. The van der Waals surface area contributed by atoms with Gasteiger partial charge in [-0.05, 0) is 37.0 Å². The maximum Gasteiger partial charge on any atom is 0.337 e. The normalized spacial score (nSPS) is 15.5. The van der Waals surface area contributed by atoms with Crippen LogP contribution in [0.15, 0.2) is 18.2 Å². The van der Waals surface area contributed by atoms with Crippen molar-refractivity contribution in [3.8, 4) is 5.75 Å². The van der Waals surface area contributed by atoms with Crippen LogP contribution in [0.1, 0.15) is 48.9 Å². The number of anilines is 1. The van der Waals surface area contributed by atoms with Gasteiger partial charge in [-0.2, -0.15) is 0 Å². The maximum absolute atomic E-state index is 12.0. The second-order valence-corrected chi connectivity index (χ2v) is 5.48. The lowest BCUT2D eigenvalue weighted by atomic mass is 9.87. The van der Waals surface area contributed by atoms with Crippen molar-refractivity contribution in [1.82, 2.24) is 0 Å². The second-order valence-electron chi connectivity index (χ2n) is 5.48. The topological polar surface area (TPSA) is 75.6 Å². The third-order valence-electron chi connectivity index (χ3n) is 3.89. The van der Waals surface area contributed by atoms with Crippen LogP contribution in [0.25, 0.3) is 0 Å². The molecule has 0 radical (unpaired) electrons. The molecule has 1 aliphatic rings. The third kappa shape index (κ3) is 4.21. The molecule has 5 heteroatoms. The van der Waals surface area contributed by atoms with Crippen LogP contribution in [-0.4, -0.2) is 24.1 Å². The summed E-state index contributed by atoms with van der Waals surface area (Å²) in [6.07, 6.45) is 6.32. The number of benzene rings is 1. The molecule has 21 heavy (non-hydrogen) atoms. The first-order valence-corrected chi connectivity index (χ1v) is 7.31. The number of esters is 1. The summed E-state index contributed by atoms with van der Waals surface area (Å²) in [5.41, 5.74) is 0.573. The Kier molecular flexibility index (Phi) is 5.20. The molecule has 0 atom stereocenters. The zero-order chi connectivity index (χ0) is 15.2. The van der Waals surface area contributed by atoms with Crippen LogP contribution in [0, 0.1) is 5.92 Å². The van der Waals surface area contributed by atoms with Gasteiger partial charge in [0.15, 0.2) is 0 Å². The lowest BCUT2D eigenvalue weighted by Crippen LogP contribution is -2.18. The smallest absolute Gasteiger partial charge is 0.337 e. The van der Waals surface area contributed by atoms with Gasteiger partial charge in [0, 0.05) is 6.42 Å². The van der Waals surface area contributed by atoms with Gasteiger partial charge >= 0.3 is 5.97 Å². The van der Waals surface area contributed by atoms with Crippen LogP contribution in [-0.2, 0) is 9.53 Å². The van der Waals surface area contributed by atoms with Crippen LogP contribution >= 0.6 is 0 Å². The number of hydrogen-bond acceptors (Lipinski definition) is 4. The Morgan fingerprint density at radius 3 is 2.62 bits per heavy atom.